The number of rotatable bonds is 1. The summed E-state index contributed by atoms with van der Waals surface area (Å²) in [6.07, 6.45) is 0. The molecule has 0 spiro atoms. The van der Waals surface area contributed by atoms with E-state index in [2.05, 4.69) is 32.6 Å². The summed E-state index contributed by atoms with van der Waals surface area (Å²) in [5.41, 5.74) is 1.17. The van der Waals surface area contributed by atoms with Crippen LogP contribution in [0, 0.1) is 0 Å². The van der Waals surface area contributed by atoms with Crippen LogP contribution in [0.5, 0.6) is 0 Å². The van der Waals surface area contributed by atoms with Crippen LogP contribution in [0.4, 0.5) is 0 Å². The SMILES string of the molecule is Cl.Clc1cc(Br)ccc1[C@H]1CNCCN1. The predicted octanol–water partition coefficient (Wildman–Crippen LogP) is 2.76. The van der Waals surface area contributed by atoms with Crippen molar-refractivity contribution in [3.05, 3.63) is 33.3 Å². The van der Waals surface area contributed by atoms with Gasteiger partial charge >= 0.3 is 0 Å². The van der Waals surface area contributed by atoms with Crippen LogP contribution < -0.4 is 10.6 Å². The van der Waals surface area contributed by atoms with Gasteiger partial charge in [-0.25, -0.2) is 0 Å². The zero-order chi connectivity index (χ0) is 9.97. The van der Waals surface area contributed by atoms with Crippen molar-refractivity contribution in [1.82, 2.24) is 10.6 Å². The summed E-state index contributed by atoms with van der Waals surface area (Å²) in [6, 6.07) is 6.37. The fourth-order valence-electron chi connectivity index (χ4n) is 1.66. The molecule has 1 fully saturated rings. The van der Waals surface area contributed by atoms with Gasteiger partial charge in [0.1, 0.15) is 0 Å². The molecule has 0 unspecified atom stereocenters. The molecule has 0 radical (unpaired) electrons. The fourth-order valence-corrected chi connectivity index (χ4v) is 2.46. The second-order valence-electron chi connectivity index (χ2n) is 3.38. The topological polar surface area (TPSA) is 24.1 Å². The zero-order valence-electron chi connectivity index (χ0n) is 8.09. The van der Waals surface area contributed by atoms with E-state index in [1.165, 1.54) is 5.56 Å². The van der Waals surface area contributed by atoms with E-state index < -0.39 is 0 Å². The lowest BCUT2D eigenvalue weighted by atomic mass is 10.1. The third-order valence-corrected chi connectivity index (χ3v) is 3.20. The number of benzene rings is 1. The monoisotopic (exact) mass is 310 g/mol. The number of hydrogen-bond acceptors (Lipinski definition) is 2. The largest absolute Gasteiger partial charge is 0.314 e. The first kappa shape index (κ1) is 13.3. The smallest absolute Gasteiger partial charge is 0.0465 e. The molecule has 2 nitrogen and oxygen atoms in total. The Bertz CT molecular complexity index is 327. The quantitative estimate of drug-likeness (QED) is 0.833. The maximum Gasteiger partial charge on any atom is 0.0465 e. The van der Waals surface area contributed by atoms with E-state index in [4.69, 9.17) is 11.6 Å². The lowest BCUT2D eigenvalue weighted by Gasteiger charge is -2.25. The first-order valence-electron chi connectivity index (χ1n) is 4.66. The van der Waals surface area contributed by atoms with Crippen molar-refractivity contribution in [2.75, 3.05) is 19.6 Å². The first-order valence-corrected chi connectivity index (χ1v) is 5.83. The van der Waals surface area contributed by atoms with Crippen LogP contribution in [0.2, 0.25) is 5.02 Å². The van der Waals surface area contributed by atoms with Gasteiger partial charge in [-0.15, -0.1) is 12.4 Å². The Morgan fingerprint density at radius 2 is 2.13 bits per heavy atom. The predicted molar refractivity (Wildman–Crippen MR) is 70.0 cm³/mol. The molecule has 84 valence electrons. The first-order chi connectivity index (χ1) is 6.77. The van der Waals surface area contributed by atoms with Crippen LogP contribution in [-0.4, -0.2) is 19.6 Å². The van der Waals surface area contributed by atoms with E-state index in [0.717, 1.165) is 29.1 Å². The molecule has 2 N–H and O–H groups in total. The lowest BCUT2D eigenvalue weighted by Crippen LogP contribution is -2.42. The zero-order valence-corrected chi connectivity index (χ0v) is 11.3. The fraction of sp³-hybridized carbons (Fsp3) is 0.400. The van der Waals surface area contributed by atoms with Crippen LogP contribution >= 0.6 is 39.9 Å². The van der Waals surface area contributed by atoms with Gasteiger partial charge in [0.2, 0.25) is 0 Å². The maximum absolute atomic E-state index is 6.17. The summed E-state index contributed by atoms with van der Waals surface area (Å²) in [7, 11) is 0. The van der Waals surface area contributed by atoms with E-state index in [9.17, 15) is 0 Å². The molecule has 15 heavy (non-hydrogen) atoms. The summed E-state index contributed by atoms with van der Waals surface area (Å²) in [5, 5.41) is 7.60. The lowest BCUT2D eigenvalue weighted by molar-refractivity contribution is 0.430. The minimum atomic E-state index is 0. The normalized spacial score (nSPS) is 20.8. The molecule has 1 aliphatic heterocycles. The summed E-state index contributed by atoms with van der Waals surface area (Å²) < 4.78 is 1.02. The van der Waals surface area contributed by atoms with Crippen molar-refractivity contribution in [2.24, 2.45) is 0 Å². The Morgan fingerprint density at radius 3 is 2.73 bits per heavy atom. The van der Waals surface area contributed by atoms with Crippen LogP contribution in [-0.2, 0) is 0 Å². The van der Waals surface area contributed by atoms with Gasteiger partial charge in [0.05, 0.1) is 0 Å². The second-order valence-corrected chi connectivity index (χ2v) is 4.70. The minimum absolute atomic E-state index is 0. The highest BCUT2D eigenvalue weighted by molar-refractivity contribution is 9.10. The van der Waals surface area contributed by atoms with E-state index in [-0.39, 0.29) is 12.4 Å². The van der Waals surface area contributed by atoms with Gasteiger partial charge in [-0.05, 0) is 17.7 Å². The van der Waals surface area contributed by atoms with Gasteiger partial charge in [-0.2, -0.15) is 0 Å². The number of nitrogens with one attached hydrogen (secondary N) is 2. The molecule has 0 aliphatic carbocycles. The van der Waals surface area contributed by atoms with Gasteiger partial charge in [0.15, 0.2) is 0 Å². The minimum Gasteiger partial charge on any atom is -0.314 e. The molecular formula is C10H13BrCl2N2. The third-order valence-electron chi connectivity index (χ3n) is 2.38. The molecule has 5 heteroatoms. The highest BCUT2D eigenvalue weighted by Gasteiger charge is 2.16. The summed E-state index contributed by atoms with van der Waals surface area (Å²) in [6.45, 7) is 2.98. The van der Waals surface area contributed by atoms with Crippen molar-refractivity contribution in [3.8, 4) is 0 Å². The van der Waals surface area contributed by atoms with Crippen molar-refractivity contribution in [1.29, 1.82) is 0 Å². The van der Waals surface area contributed by atoms with Crippen LogP contribution in [0.1, 0.15) is 11.6 Å². The molecule has 0 amide bonds. The van der Waals surface area contributed by atoms with E-state index in [1.54, 1.807) is 0 Å². The molecule has 1 aliphatic rings. The van der Waals surface area contributed by atoms with Crippen LogP contribution in [0.15, 0.2) is 22.7 Å². The number of hydrogen-bond donors (Lipinski definition) is 2. The molecule has 1 aromatic rings. The van der Waals surface area contributed by atoms with Crippen molar-refractivity contribution >= 4 is 39.9 Å². The molecule has 0 saturated carbocycles. The van der Waals surface area contributed by atoms with Crippen LogP contribution in [0.3, 0.4) is 0 Å². The highest BCUT2D eigenvalue weighted by Crippen LogP contribution is 2.26. The highest BCUT2D eigenvalue weighted by atomic mass is 79.9. The van der Waals surface area contributed by atoms with Gasteiger partial charge in [0, 0.05) is 35.2 Å². The number of piperazine rings is 1. The average molecular weight is 312 g/mol. The van der Waals surface area contributed by atoms with E-state index >= 15 is 0 Å². The molecule has 1 heterocycles. The van der Waals surface area contributed by atoms with Gasteiger partial charge in [-0.3, -0.25) is 0 Å². The van der Waals surface area contributed by atoms with Crippen molar-refractivity contribution < 1.29 is 0 Å². The molecule has 0 bridgehead atoms. The Labute approximate surface area is 109 Å². The van der Waals surface area contributed by atoms with Gasteiger partial charge < -0.3 is 10.6 Å². The maximum atomic E-state index is 6.17. The standard InChI is InChI=1S/C10H12BrClN2.ClH/c11-7-1-2-8(9(12)5-7)10-6-13-3-4-14-10;/h1-2,5,10,13-14H,3-4,6H2;1H/t10-;/m1./s1. The van der Waals surface area contributed by atoms with E-state index in [0.29, 0.717) is 6.04 Å². The van der Waals surface area contributed by atoms with E-state index in [1.807, 2.05) is 12.1 Å². The summed E-state index contributed by atoms with van der Waals surface area (Å²) >= 11 is 9.56. The Morgan fingerprint density at radius 1 is 1.33 bits per heavy atom. The molecule has 1 saturated heterocycles. The van der Waals surface area contributed by atoms with Crippen molar-refractivity contribution in [3.63, 3.8) is 0 Å². The average Bonchev–Trinajstić information content (AvgIpc) is 2.19. The van der Waals surface area contributed by atoms with Gasteiger partial charge in [-0.1, -0.05) is 33.6 Å². The Kier molecular flexibility index (Phi) is 5.36. The van der Waals surface area contributed by atoms with Crippen LogP contribution in [0.25, 0.3) is 0 Å². The molecule has 2 rings (SSSR count). The third kappa shape index (κ3) is 3.33. The Hall–Kier alpha value is 0.200. The van der Waals surface area contributed by atoms with Gasteiger partial charge in [0.25, 0.3) is 0 Å². The second kappa shape index (κ2) is 6.06. The summed E-state index contributed by atoms with van der Waals surface area (Å²) in [5.74, 6) is 0. The Balaban J connectivity index is 0.00000112. The molecule has 1 atom stereocenters. The molecule has 0 aromatic heterocycles. The molecule has 1 aromatic carbocycles. The van der Waals surface area contributed by atoms with Crippen molar-refractivity contribution in [2.45, 2.75) is 6.04 Å². The summed E-state index contributed by atoms with van der Waals surface area (Å²) in [4.78, 5) is 0. The number of halogens is 3. The molecular weight excluding hydrogens is 299 g/mol.